The molecule has 0 unspecified atom stereocenters. The fourth-order valence-corrected chi connectivity index (χ4v) is 0.942. The average molecular weight is 194 g/mol. The molecule has 0 aliphatic carbocycles. The lowest BCUT2D eigenvalue weighted by molar-refractivity contribution is 0.0159. The Labute approximate surface area is 80.6 Å². The molecule has 0 amide bonds. The summed E-state index contributed by atoms with van der Waals surface area (Å²) in [5, 5.41) is 3.31. The molecule has 0 radical (unpaired) electrons. The van der Waals surface area contributed by atoms with Crippen LogP contribution in [0.3, 0.4) is 0 Å². The van der Waals surface area contributed by atoms with E-state index in [4.69, 9.17) is 16.3 Å². The van der Waals surface area contributed by atoms with Crippen molar-refractivity contribution in [3.63, 3.8) is 0 Å². The minimum atomic E-state index is -0.00599. The highest BCUT2D eigenvalue weighted by atomic mass is 35.5. The highest BCUT2D eigenvalue weighted by Crippen LogP contribution is 2.11. The molecule has 12 heavy (non-hydrogen) atoms. The Hall–Kier alpha value is 0.210. The molecule has 0 saturated heterocycles. The van der Waals surface area contributed by atoms with Crippen LogP contribution >= 0.6 is 11.6 Å². The molecule has 0 aliphatic heterocycles. The van der Waals surface area contributed by atoms with Gasteiger partial charge in [-0.3, -0.25) is 0 Å². The Kier molecular flexibility index (Phi) is 6.81. The van der Waals surface area contributed by atoms with Crippen molar-refractivity contribution in [2.45, 2.75) is 32.3 Å². The Morgan fingerprint density at radius 2 is 2.00 bits per heavy atom. The molecule has 3 heteroatoms. The number of rotatable bonds is 7. The van der Waals surface area contributed by atoms with Crippen molar-refractivity contribution in [1.29, 1.82) is 0 Å². The minimum Gasteiger partial charge on any atom is -0.379 e. The predicted molar refractivity (Wildman–Crippen MR) is 53.9 cm³/mol. The van der Waals surface area contributed by atoms with E-state index in [1.165, 1.54) is 0 Å². The van der Waals surface area contributed by atoms with Crippen molar-refractivity contribution in [3.8, 4) is 0 Å². The fourth-order valence-electron chi connectivity index (χ4n) is 0.808. The molecule has 0 heterocycles. The maximum absolute atomic E-state index is 5.53. The van der Waals surface area contributed by atoms with Gasteiger partial charge in [0.1, 0.15) is 0 Å². The van der Waals surface area contributed by atoms with Crippen LogP contribution in [0.25, 0.3) is 0 Å². The Morgan fingerprint density at radius 1 is 1.33 bits per heavy atom. The number of ether oxygens (including phenoxy) is 1. The van der Waals surface area contributed by atoms with E-state index in [1.54, 1.807) is 7.11 Å². The standard InChI is InChI=1S/C9H20ClNO/c1-9(2,12-3)5-8-11-7-4-6-10/h11H,4-8H2,1-3H3. The minimum absolute atomic E-state index is 0.00599. The summed E-state index contributed by atoms with van der Waals surface area (Å²) < 4.78 is 5.28. The summed E-state index contributed by atoms with van der Waals surface area (Å²) in [7, 11) is 1.75. The molecule has 0 spiro atoms. The molecular weight excluding hydrogens is 174 g/mol. The second-order valence-electron chi connectivity index (χ2n) is 3.51. The second-order valence-corrected chi connectivity index (χ2v) is 3.88. The average Bonchev–Trinajstić information content (AvgIpc) is 2.04. The quantitative estimate of drug-likeness (QED) is 0.494. The van der Waals surface area contributed by atoms with Gasteiger partial charge in [-0.2, -0.15) is 0 Å². The van der Waals surface area contributed by atoms with Crippen LogP contribution in [-0.4, -0.2) is 31.7 Å². The van der Waals surface area contributed by atoms with Crippen LogP contribution in [0.15, 0.2) is 0 Å². The predicted octanol–water partition coefficient (Wildman–Crippen LogP) is 2.02. The van der Waals surface area contributed by atoms with Gasteiger partial charge in [-0.15, -0.1) is 11.6 Å². The number of hydrogen-bond donors (Lipinski definition) is 1. The Balaban J connectivity index is 3.19. The van der Waals surface area contributed by atoms with Crippen molar-refractivity contribution < 1.29 is 4.74 Å². The van der Waals surface area contributed by atoms with Gasteiger partial charge in [0.05, 0.1) is 5.60 Å². The second kappa shape index (κ2) is 6.70. The van der Waals surface area contributed by atoms with E-state index in [0.717, 1.165) is 31.8 Å². The molecular formula is C9H20ClNO. The van der Waals surface area contributed by atoms with Gasteiger partial charge < -0.3 is 10.1 Å². The first-order valence-corrected chi connectivity index (χ1v) is 4.97. The van der Waals surface area contributed by atoms with E-state index in [0.29, 0.717) is 0 Å². The first-order chi connectivity index (χ1) is 5.62. The molecule has 0 atom stereocenters. The van der Waals surface area contributed by atoms with Crippen LogP contribution in [-0.2, 0) is 4.74 Å². The van der Waals surface area contributed by atoms with Gasteiger partial charge in [0.25, 0.3) is 0 Å². The zero-order valence-electron chi connectivity index (χ0n) is 8.32. The fraction of sp³-hybridized carbons (Fsp3) is 1.00. The van der Waals surface area contributed by atoms with Crippen molar-refractivity contribution in [2.75, 3.05) is 26.1 Å². The lowest BCUT2D eigenvalue weighted by atomic mass is 10.1. The molecule has 0 aliphatic rings. The maximum atomic E-state index is 5.53. The zero-order valence-corrected chi connectivity index (χ0v) is 9.08. The van der Waals surface area contributed by atoms with E-state index < -0.39 is 0 Å². The molecule has 0 saturated carbocycles. The number of methoxy groups -OCH3 is 1. The molecule has 0 aromatic carbocycles. The van der Waals surface area contributed by atoms with Gasteiger partial charge >= 0.3 is 0 Å². The molecule has 0 aromatic rings. The molecule has 2 nitrogen and oxygen atoms in total. The highest BCUT2D eigenvalue weighted by molar-refractivity contribution is 6.17. The summed E-state index contributed by atoms with van der Waals surface area (Å²) in [4.78, 5) is 0. The normalized spacial score (nSPS) is 12.0. The first-order valence-electron chi connectivity index (χ1n) is 4.44. The Bertz CT molecular complexity index is 107. The van der Waals surface area contributed by atoms with Gasteiger partial charge in [-0.05, 0) is 39.8 Å². The van der Waals surface area contributed by atoms with E-state index in [1.807, 2.05) is 0 Å². The van der Waals surface area contributed by atoms with Crippen LogP contribution in [0.1, 0.15) is 26.7 Å². The van der Waals surface area contributed by atoms with Crippen LogP contribution in [0.5, 0.6) is 0 Å². The third-order valence-electron chi connectivity index (χ3n) is 1.94. The van der Waals surface area contributed by atoms with Crippen LogP contribution < -0.4 is 5.32 Å². The molecule has 74 valence electrons. The van der Waals surface area contributed by atoms with E-state index in [-0.39, 0.29) is 5.60 Å². The largest absolute Gasteiger partial charge is 0.379 e. The third kappa shape index (κ3) is 6.89. The summed E-state index contributed by atoms with van der Waals surface area (Å²) in [5.41, 5.74) is -0.00599. The van der Waals surface area contributed by atoms with Crippen LogP contribution in [0, 0.1) is 0 Å². The highest BCUT2D eigenvalue weighted by Gasteiger charge is 2.14. The SMILES string of the molecule is COC(C)(C)CCNCCCCl. The number of halogens is 1. The monoisotopic (exact) mass is 193 g/mol. The van der Waals surface area contributed by atoms with E-state index in [2.05, 4.69) is 19.2 Å². The molecule has 0 bridgehead atoms. The summed E-state index contributed by atoms with van der Waals surface area (Å²) in [5.74, 6) is 0.737. The topological polar surface area (TPSA) is 21.3 Å². The summed E-state index contributed by atoms with van der Waals surface area (Å²) in [6.07, 6.45) is 2.07. The summed E-state index contributed by atoms with van der Waals surface area (Å²) in [6, 6.07) is 0. The van der Waals surface area contributed by atoms with Gasteiger partial charge in [0, 0.05) is 13.0 Å². The lowest BCUT2D eigenvalue weighted by Crippen LogP contribution is -2.29. The van der Waals surface area contributed by atoms with E-state index >= 15 is 0 Å². The van der Waals surface area contributed by atoms with Crippen molar-refractivity contribution in [3.05, 3.63) is 0 Å². The van der Waals surface area contributed by atoms with Crippen LogP contribution in [0.4, 0.5) is 0 Å². The Morgan fingerprint density at radius 3 is 2.50 bits per heavy atom. The van der Waals surface area contributed by atoms with E-state index in [9.17, 15) is 0 Å². The lowest BCUT2D eigenvalue weighted by Gasteiger charge is -2.22. The first kappa shape index (κ1) is 12.2. The van der Waals surface area contributed by atoms with Gasteiger partial charge in [-0.1, -0.05) is 0 Å². The third-order valence-corrected chi connectivity index (χ3v) is 2.21. The van der Waals surface area contributed by atoms with Gasteiger partial charge in [0.15, 0.2) is 0 Å². The van der Waals surface area contributed by atoms with Gasteiger partial charge in [0.2, 0.25) is 0 Å². The summed E-state index contributed by atoms with van der Waals surface area (Å²) in [6.45, 7) is 6.19. The van der Waals surface area contributed by atoms with Crippen molar-refractivity contribution >= 4 is 11.6 Å². The molecule has 0 aromatic heterocycles. The molecule has 1 N–H and O–H groups in total. The van der Waals surface area contributed by atoms with Crippen LogP contribution in [0.2, 0.25) is 0 Å². The van der Waals surface area contributed by atoms with Crippen molar-refractivity contribution in [2.24, 2.45) is 0 Å². The number of hydrogen-bond acceptors (Lipinski definition) is 2. The summed E-state index contributed by atoms with van der Waals surface area (Å²) >= 11 is 5.53. The number of nitrogens with one attached hydrogen (secondary N) is 1. The molecule has 0 fully saturated rings. The zero-order chi connectivity index (χ0) is 9.45. The van der Waals surface area contributed by atoms with Gasteiger partial charge in [-0.25, -0.2) is 0 Å². The smallest absolute Gasteiger partial charge is 0.0634 e. The number of alkyl halides is 1. The molecule has 0 rings (SSSR count). The van der Waals surface area contributed by atoms with Crippen molar-refractivity contribution in [1.82, 2.24) is 5.32 Å². The maximum Gasteiger partial charge on any atom is 0.0634 e.